The lowest BCUT2D eigenvalue weighted by Gasteiger charge is -2.23. The molecule has 0 amide bonds. The topological polar surface area (TPSA) is 112 Å². The first kappa shape index (κ1) is 21.6. The van der Waals surface area contributed by atoms with E-state index >= 15 is 0 Å². The average molecular weight is 389 g/mol. The van der Waals surface area contributed by atoms with E-state index in [-0.39, 0.29) is 33.4 Å². The van der Waals surface area contributed by atoms with Gasteiger partial charge in [-0.05, 0) is 25.0 Å². The highest BCUT2D eigenvalue weighted by Gasteiger charge is 2.13. The van der Waals surface area contributed by atoms with Crippen molar-refractivity contribution in [1.29, 1.82) is 0 Å². The van der Waals surface area contributed by atoms with Gasteiger partial charge in [0.15, 0.2) is 0 Å². The minimum absolute atomic E-state index is 0.0412. The van der Waals surface area contributed by atoms with Gasteiger partial charge in [-0.25, -0.2) is 4.98 Å². The molecule has 25 heavy (non-hydrogen) atoms. The Morgan fingerprint density at radius 3 is 2.20 bits per heavy atom. The Morgan fingerprint density at radius 1 is 1.12 bits per heavy atom. The number of nitrogens with zero attached hydrogens (tertiary/aromatic N) is 2. The van der Waals surface area contributed by atoms with Crippen molar-refractivity contribution in [3.05, 3.63) is 17.3 Å². The Hall–Kier alpha value is -1.49. The average Bonchev–Trinajstić information content (AvgIpc) is 2.60. The number of pyridine rings is 1. The van der Waals surface area contributed by atoms with Crippen molar-refractivity contribution in [2.75, 3.05) is 29.9 Å². The summed E-state index contributed by atoms with van der Waals surface area (Å²) < 4.78 is 9.92. The van der Waals surface area contributed by atoms with Gasteiger partial charge in [0.2, 0.25) is 0 Å². The monoisotopic (exact) mass is 389 g/mol. The van der Waals surface area contributed by atoms with E-state index in [0.29, 0.717) is 24.7 Å². The first-order valence-electron chi connectivity index (χ1n) is 7.71. The summed E-state index contributed by atoms with van der Waals surface area (Å²) in [4.78, 5) is 27.3. The van der Waals surface area contributed by atoms with Gasteiger partial charge in [-0.2, -0.15) is 0 Å². The Kier molecular flexibility index (Phi) is 10.3. The molecule has 0 aliphatic heterocycles. The maximum Gasteiger partial charge on any atom is 0.316 e. The van der Waals surface area contributed by atoms with Crippen molar-refractivity contribution in [1.82, 2.24) is 4.98 Å². The lowest BCUT2D eigenvalue weighted by atomic mass is 10.4. The molecule has 140 valence electrons. The van der Waals surface area contributed by atoms with Crippen LogP contribution in [0.3, 0.4) is 0 Å². The molecule has 10 heteroatoms. The van der Waals surface area contributed by atoms with Crippen LogP contribution in [0.25, 0.3) is 0 Å². The molecule has 1 heterocycles. The van der Waals surface area contributed by atoms with Crippen LogP contribution < -0.4 is 5.23 Å². The second-order valence-corrected chi connectivity index (χ2v) is 6.72. The zero-order valence-corrected chi connectivity index (χ0v) is 15.7. The molecule has 1 aromatic rings. The summed E-state index contributed by atoms with van der Waals surface area (Å²) in [7, 11) is 0. The van der Waals surface area contributed by atoms with Crippen molar-refractivity contribution in [2.24, 2.45) is 0 Å². The van der Waals surface area contributed by atoms with Crippen molar-refractivity contribution in [2.45, 2.75) is 36.7 Å². The van der Waals surface area contributed by atoms with Crippen LogP contribution >= 0.6 is 23.5 Å². The lowest BCUT2D eigenvalue weighted by molar-refractivity contribution is -0.141. The molecule has 0 aromatic carbocycles. The molecule has 0 saturated heterocycles. The number of carbonyl (C=O) groups excluding carboxylic acids is 2. The molecule has 8 nitrogen and oxygen atoms in total. The summed E-state index contributed by atoms with van der Waals surface area (Å²) in [5.41, 5.74) is -0.0776. The first-order valence-corrected chi connectivity index (χ1v) is 9.69. The SMILES string of the molecule is CCCOC(=O)CSc1ccc(N([O-])O)c(SCC(=O)OCCC)n1. The molecule has 0 bridgehead atoms. The number of ether oxygens (including phenoxy) is 2. The van der Waals surface area contributed by atoms with E-state index in [2.05, 4.69) is 4.98 Å². The lowest BCUT2D eigenvalue weighted by Crippen LogP contribution is -2.12. The number of esters is 2. The summed E-state index contributed by atoms with van der Waals surface area (Å²) >= 11 is 2.12. The van der Waals surface area contributed by atoms with Crippen LogP contribution in [0.4, 0.5) is 5.69 Å². The van der Waals surface area contributed by atoms with Gasteiger partial charge in [0.1, 0.15) is 5.03 Å². The third kappa shape index (κ3) is 8.43. The Bertz CT molecular complexity index is 571. The third-order valence-corrected chi connectivity index (χ3v) is 4.48. The van der Waals surface area contributed by atoms with Gasteiger partial charge in [-0.1, -0.05) is 37.4 Å². The van der Waals surface area contributed by atoms with E-state index in [1.54, 1.807) is 0 Å². The highest BCUT2D eigenvalue weighted by atomic mass is 32.2. The Labute approximate surface area is 154 Å². The van der Waals surface area contributed by atoms with Gasteiger partial charge >= 0.3 is 11.9 Å². The van der Waals surface area contributed by atoms with Crippen molar-refractivity contribution < 1.29 is 24.3 Å². The maximum atomic E-state index is 11.6. The summed E-state index contributed by atoms with van der Waals surface area (Å²) in [6, 6.07) is 2.88. The summed E-state index contributed by atoms with van der Waals surface area (Å²) in [5.74, 6) is -0.755. The molecule has 0 fully saturated rings. The fraction of sp³-hybridized carbons (Fsp3) is 0.533. The first-order chi connectivity index (χ1) is 12.0. The molecular formula is C15H21N2O6S2-. The van der Waals surface area contributed by atoms with Gasteiger partial charge in [-0.15, -0.1) is 0 Å². The molecule has 0 radical (unpaired) electrons. The molecule has 0 unspecified atom stereocenters. The van der Waals surface area contributed by atoms with Crippen LogP contribution in [0.15, 0.2) is 22.2 Å². The molecule has 0 atom stereocenters. The standard InChI is InChI=1S/C15H21N2O6S2/c1-3-7-22-13(18)9-24-12-6-5-11(17(20)21)15(16-12)25-10-14(19)23-8-4-2/h5-6,20H,3-4,7-10H2,1-2H3/q-1. The normalized spacial score (nSPS) is 10.4. The van der Waals surface area contributed by atoms with Gasteiger partial charge in [0, 0.05) is 0 Å². The number of hydrogen-bond acceptors (Lipinski definition) is 10. The molecule has 1 aromatic heterocycles. The zero-order valence-electron chi connectivity index (χ0n) is 14.1. The number of carbonyl (C=O) groups is 2. The van der Waals surface area contributed by atoms with Crippen LogP contribution in [0, 0.1) is 5.21 Å². The van der Waals surface area contributed by atoms with Crippen LogP contribution in [0.2, 0.25) is 0 Å². The predicted molar refractivity (Wildman–Crippen MR) is 95.8 cm³/mol. The molecule has 0 aliphatic rings. The summed E-state index contributed by atoms with van der Waals surface area (Å²) in [6.45, 7) is 4.47. The van der Waals surface area contributed by atoms with E-state index in [0.717, 1.165) is 29.9 Å². The Morgan fingerprint density at radius 2 is 1.68 bits per heavy atom. The summed E-state index contributed by atoms with van der Waals surface area (Å²) in [5, 5.41) is 20.7. The van der Waals surface area contributed by atoms with Gasteiger partial charge in [0.05, 0.1) is 35.4 Å². The predicted octanol–water partition coefficient (Wildman–Crippen LogP) is 2.87. The van der Waals surface area contributed by atoms with Crippen molar-refractivity contribution in [3.63, 3.8) is 0 Å². The van der Waals surface area contributed by atoms with Crippen LogP contribution in [0.1, 0.15) is 26.7 Å². The number of hydrogen-bond donors (Lipinski definition) is 1. The Balaban J connectivity index is 2.70. The van der Waals surface area contributed by atoms with E-state index in [1.165, 1.54) is 12.1 Å². The minimum Gasteiger partial charge on any atom is -0.733 e. The molecule has 0 saturated carbocycles. The number of thioether (sulfide) groups is 2. The zero-order chi connectivity index (χ0) is 18.7. The quantitative estimate of drug-likeness (QED) is 0.344. The van der Waals surface area contributed by atoms with Crippen LogP contribution in [0.5, 0.6) is 0 Å². The van der Waals surface area contributed by atoms with E-state index < -0.39 is 5.97 Å². The highest BCUT2D eigenvalue weighted by molar-refractivity contribution is 8.00. The maximum absolute atomic E-state index is 11.6. The second-order valence-electron chi connectivity index (χ2n) is 4.76. The van der Waals surface area contributed by atoms with E-state index in [4.69, 9.17) is 14.7 Å². The van der Waals surface area contributed by atoms with Gasteiger partial charge < -0.3 is 19.9 Å². The molecule has 0 spiro atoms. The van der Waals surface area contributed by atoms with Gasteiger partial charge in [0.25, 0.3) is 0 Å². The van der Waals surface area contributed by atoms with Crippen molar-refractivity contribution in [3.8, 4) is 0 Å². The smallest absolute Gasteiger partial charge is 0.316 e. The number of rotatable bonds is 11. The van der Waals surface area contributed by atoms with E-state index in [9.17, 15) is 14.8 Å². The third-order valence-electron chi connectivity index (χ3n) is 2.62. The molecular weight excluding hydrogens is 368 g/mol. The molecule has 1 N–H and O–H groups in total. The molecule has 0 aliphatic carbocycles. The molecule has 1 rings (SSSR count). The van der Waals surface area contributed by atoms with Crippen LogP contribution in [-0.4, -0.2) is 46.8 Å². The van der Waals surface area contributed by atoms with Gasteiger partial charge in [-0.3, -0.25) is 14.8 Å². The minimum atomic E-state index is -0.434. The second kappa shape index (κ2) is 12.0. The fourth-order valence-electron chi connectivity index (χ4n) is 1.52. The highest BCUT2D eigenvalue weighted by Crippen LogP contribution is 2.30. The van der Waals surface area contributed by atoms with Crippen LogP contribution in [-0.2, 0) is 19.1 Å². The van der Waals surface area contributed by atoms with Crippen molar-refractivity contribution >= 4 is 41.1 Å². The fourth-order valence-corrected chi connectivity index (χ4v) is 3.05. The number of anilines is 1. The van der Waals surface area contributed by atoms with E-state index in [1.807, 2.05) is 13.8 Å². The number of aromatic nitrogens is 1. The summed E-state index contributed by atoms with van der Waals surface area (Å²) in [6.07, 6.45) is 1.46. The largest absolute Gasteiger partial charge is 0.733 e.